The quantitative estimate of drug-likeness (QED) is 0.760. The average molecular weight is 286 g/mol. The molecule has 1 aromatic carbocycles. The third-order valence-electron chi connectivity index (χ3n) is 3.93. The van der Waals surface area contributed by atoms with E-state index in [2.05, 4.69) is 16.4 Å². The Morgan fingerprint density at radius 1 is 1.33 bits per heavy atom. The number of amides is 1. The molecular weight excluding hydrogens is 268 g/mol. The van der Waals surface area contributed by atoms with Crippen LogP contribution in [-0.4, -0.2) is 28.0 Å². The van der Waals surface area contributed by atoms with E-state index in [4.69, 9.17) is 5.11 Å². The molecule has 3 rings (SSSR count). The molecule has 1 aliphatic rings. The molecule has 1 heterocycles. The molecule has 1 fully saturated rings. The van der Waals surface area contributed by atoms with Gasteiger partial charge in [-0.2, -0.15) is 0 Å². The predicted octanol–water partition coefficient (Wildman–Crippen LogP) is 2.08. The van der Waals surface area contributed by atoms with Gasteiger partial charge in [-0.1, -0.05) is 6.07 Å². The van der Waals surface area contributed by atoms with Gasteiger partial charge in [0.2, 0.25) is 5.91 Å². The lowest BCUT2D eigenvalue weighted by Gasteiger charge is -2.13. The number of H-pyrrole nitrogens is 1. The van der Waals surface area contributed by atoms with Gasteiger partial charge in [0, 0.05) is 18.1 Å². The summed E-state index contributed by atoms with van der Waals surface area (Å²) in [6, 6.07) is 7.31. The zero-order chi connectivity index (χ0) is 14.8. The van der Waals surface area contributed by atoms with Gasteiger partial charge in [-0.3, -0.25) is 4.79 Å². The number of aromatic nitrogens is 1. The highest BCUT2D eigenvalue weighted by molar-refractivity contribution is 5.84. The van der Waals surface area contributed by atoms with E-state index >= 15 is 0 Å². The van der Waals surface area contributed by atoms with Crippen LogP contribution in [0.2, 0.25) is 0 Å². The van der Waals surface area contributed by atoms with Gasteiger partial charge in [0.25, 0.3) is 0 Å². The van der Waals surface area contributed by atoms with E-state index < -0.39 is 12.0 Å². The minimum absolute atomic E-state index is 0.114. The van der Waals surface area contributed by atoms with E-state index in [1.807, 2.05) is 24.4 Å². The van der Waals surface area contributed by atoms with Crippen molar-refractivity contribution in [2.75, 3.05) is 0 Å². The number of hydrogen-bond acceptors (Lipinski definition) is 2. The van der Waals surface area contributed by atoms with Crippen molar-refractivity contribution in [2.24, 2.45) is 5.92 Å². The first-order valence-corrected chi connectivity index (χ1v) is 7.21. The van der Waals surface area contributed by atoms with Crippen molar-refractivity contribution in [3.63, 3.8) is 0 Å². The van der Waals surface area contributed by atoms with Crippen molar-refractivity contribution in [2.45, 2.75) is 31.7 Å². The molecule has 0 spiro atoms. The second kappa shape index (κ2) is 5.60. The normalized spacial score (nSPS) is 15.8. The van der Waals surface area contributed by atoms with E-state index in [1.165, 1.54) is 0 Å². The van der Waals surface area contributed by atoms with Gasteiger partial charge < -0.3 is 15.4 Å². The number of aromatic amines is 1. The molecule has 110 valence electrons. The fraction of sp³-hybridized carbons (Fsp3) is 0.375. The molecule has 0 radical (unpaired) electrons. The van der Waals surface area contributed by atoms with E-state index in [0.29, 0.717) is 12.8 Å². The standard InChI is InChI=1S/C16H18N2O3/c19-14(18-15(16(20)21)11-3-4-11)6-2-10-1-5-13-12(9-10)7-8-17-13/h1,5,7-9,11,15,17H,2-4,6H2,(H,18,19)(H,20,21). The molecule has 1 saturated carbocycles. The molecule has 5 nitrogen and oxygen atoms in total. The van der Waals surface area contributed by atoms with Crippen LogP contribution in [0.3, 0.4) is 0 Å². The Balaban J connectivity index is 1.56. The molecular formula is C16H18N2O3. The molecule has 3 N–H and O–H groups in total. The van der Waals surface area contributed by atoms with Gasteiger partial charge in [0.15, 0.2) is 0 Å². The number of hydrogen-bond donors (Lipinski definition) is 3. The highest BCUT2D eigenvalue weighted by atomic mass is 16.4. The van der Waals surface area contributed by atoms with Gasteiger partial charge in [-0.15, -0.1) is 0 Å². The number of aliphatic carboxylic acids is 1. The molecule has 1 unspecified atom stereocenters. The van der Waals surface area contributed by atoms with Gasteiger partial charge in [-0.25, -0.2) is 4.79 Å². The summed E-state index contributed by atoms with van der Waals surface area (Å²) >= 11 is 0. The number of carbonyl (C=O) groups excluding carboxylic acids is 1. The number of rotatable bonds is 6. The monoisotopic (exact) mass is 286 g/mol. The first kappa shape index (κ1) is 13.7. The summed E-state index contributed by atoms with van der Waals surface area (Å²) in [5.74, 6) is -1.01. The first-order valence-electron chi connectivity index (χ1n) is 7.21. The third-order valence-corrected chi connectivity index (χ3v) is 3.93. The third kappa shape index (κ3) is 3.24. The van der Waals surface area contributed by atoms with E-state index in [9.17, 15) is 9.59 Å². The van der Waals surface area contributed by atoms with Crippen molar-refractivity contribution in [3.05, 3.63) is 36.0 Å². The molecule has 1 aliphatic carbocycles. The second-order valence-electron chi connectivity index (χ2n) is 5.62. The highest BCUT2D eigenvalue weighted by Crippen LogP contribution is 2.32. The lowest BCUT2D eigenvalue weighted by Crippen LogP contribution is -2.42. The number of carboxylic acid groups (broad SMARTS) is 1. The topological polar surface area (TPSA) is 82.2 Å². The Hall–Kier alpha value is -2.30. The molecule has 21 heavy (non-hydrogen) atoms. The average Bonchev–Trinajstić information content (AvgIpc) is 3.19. The Morgan fingerprint density at radius 3 is 2.86 bits per heavy atom. The predicted molar refractivity (Wildman–Crippen MR) is 78.9 cm³/mol. The Kier molecular flexibility index (Phi) is 3.64. The zero-order valence-electron chi connectivity index (χ0n) is 11.6. The summed E-state index contributed by atoms with van der Waals surface area (Å²) < 4.78 is 0. The molecule has 2 aromatic rings. The highest BCUT2D eigenvalue weighted by Gasteiger charge is 2.37. The summed E-state index contributed by atoms with van der Waals surface area (Å²) in [6.45, 7) is 0. The van der Waals surface area contributed by atoms with Crippen LogP contribution in [0.1, 0.15) is 24.8 Å². The Labute approximate surface area is 122 Å². The summed E-state index contributed by atoms with van der Waals surface area (Å²) in [5.41, 5.74) is 2.15. The lowest BCUT2D eigenvalue weighted by atomic mass is 10.1. The molecule has 5 heteroatoms. The van der Waals surface area contributed by atoms with Crippen molar-refractivity contribution >= 4 is 22.8 Å². The van der Waals surface area contributed by atoms with Crippen LogP contribution in [0.5, 0.6) is 0 Å². The summed E-state index contributed by atoms with van der Waals surface area (Å²) in [5, 5.41) is 12.9. The van der Waals surface area contributed by atoms with E-state index in [-0.39, 0.29) is 11.8 Å². The number of nitrogens with one attached hydrogen (secondary N) is 2. The number of carboxylic acids is 1. The Bertz CT molecular complexity index is 673. The van der Waals surface area contributed by atoms with Crippen LogP contribution in [0.25, 0.3) is 10.9 Å². The first-order chi connectivity index (χ1) is 10.1. The van der Waals surface area contributed by atoms with Crippen molar-refractivity contribution in [3.8, 4) is 0 Å². The maximum absolute atomic E-state index is 11.9. The summed E-state index contributed by atoms with van der Waals surface area (Å²) in [7, 11) is 0. The lowest BCUT2D eigenvalue weighted by molar-refractivity contribution is -0.142. The summed E-state index contributed by atoms with van der Waals surface area (Å²) in [6.07, 6.45) is 4.59. The van der Waals surface area contributed by atoms with Crippen LogP contribution in [0.15, 0.2) is 30.5 Å². The number of benzene rings is 1. The van der Waals surface area contributed by atoms with Crippen molar-refractivity contribution in [1.29, 1.82) is 0 Å². The zero-order valence-corrected chi connectivity index (χ0v) is 11.6. The maximum atomic E-state index is 11.9. The van der Waals surface area contributed by atoms with Crippen molar-refractivity contribution < 1.29 is 14.7 Å². The molecule has 1 atom stereocenters. The van der Waals surface area contributed by atoms with Gasteiger partial charge >= 0.3 is 5.97 Å². The largest absolute Gasteiger partial charge is 0.480 e. The minimum Gasteiger partial charge on any atom is -0.480 e. The van der Waals surface area contributed by atoms with Gasteiger partial charge in [0.05, 0.1) is 0 Å². The smallest absolute Gasteiger partial charge is 0.326 e. The molecule has 0 aliphatic heterocycles. The van der Waals surface area contributed by atoms with Gasteiger partial charge in [0.1, 0.15) is 6.04 Å². The van der Waals surface area contributed by atoms with Gasteiger partial charge in [-0.05, 0) is 54.3 Å². The van der Waals surface area contributed by atoms with Crippen LogP contribution >= 0.6 is 0 Å². The molecule has 0 bridgehead atoms. The van der Waals surface area contributed by atoms with E-state index in [1.54, 1.807) is 0 Å². The number of fused-ring (bicyclic) bond motifs is 1. The minimum atomic E-state index is -0.931. The summed E-state index contributed by atoms with van der Waals surface area (Å²) in [4.78, 5) is 26.1. The van der Waals surface area contributed by atoms with Crippen LogP contribution in [-0.2, 0) is 16.0 Å². The van der Waals surface area contributed by atoms with Crippen LogP contribution in [0, 0.1) is 5.92 Å². The molecule has 1 aromatic heterocycles. The molecule has 1 amide bonds. The SMILES string of the molecule is O=C(CCc1ccc2[nH]ccc2c1)NC(C(=O)O)C1CC1. The van der Waals surface area contributed by atoms with E-state index in [0.717, 1.165) is 29.3 Å². The number of aryl methyl sites for hydroxylation is 1. The Morgan fingerprint density at radius 2 is 2.14 bits per heavy atom. The van der Waals surface area contributed by atoms with Crippen molar-refractivity contribution in [1.82, 2.24) is 10.3 Å². The molecule has 0 saturated heterocycles. The number of carbonyl (C=O) groups is 2. The van der Waals surface area contributed by atoms with Crippen LogP contribution in [0.4, 0.5) is 0 Å². The fourth-order valence-electron chi connectivity index (χ4n) is 2.57. The fourth-order valence-corrected chi connectivity index (χ4v) is 2.57. The van der Waals surface area contributed by atoms with Crippen LogP contribution < -0.4 is 5.32 Å². The maximum Gasteiger partial charge on any atom is 0.326 e. The second-order valence-corrected chi connectivity index (χ2v) is 5.62.